The highest BCUT2D eigenvalue weighted by Crippen LogP contribution is 2.29. The Labute approximate surface area is 128 Å². The number of aryl methyl sites for hydroxylation is 1. The van der Waals surface area contributed by atoms with Crippen LogP contribution in [0.5, 0.6) is 5.75 Å². The fraction of sp³-hybridized carbons (Fsp3) is 0.588. The largest absolute Gasteiger partial charge is 0.496 e. The van der Waals surface area contributed by atoms with Crippen molar-refractivity contribution in [1.29, 1.82) is 0 Å². The summed E-state index contributed by atoms with van der Waals surface area (Å²) in [6.07, 6.45) is 1.14. The summed E-state index contributed by atoms with van der Waals surface area (Å²) in [7, 11) is 1.64. The first-order valence-electron chi connectivity index (χ1n) is 7.33. The maximum absolute atomic E-state index is 12.1. The lowest BCUT2D eigenvalue weighted by atomic mass is 9.87. The minimum absolute atomic E-state index is 0.0549. The molecule has 1 atom stereocenters. The predicted octanol–water partition coefficient (Wildman–Crippen LogP) is 3.40. The molecule has 0 bridgehead atoms. The molecule has 0 aliphatic carbocycles. The zero-order chi connectivity index (χ0) is 16.2. The number of nitrogens with two attached hydrogens (primary N) is 1. The van der Waals surface area contributed by atoms with Crippen molar-refractivity contribution in [2.75, 3.05) is 12.4 Å². The minimum Gasteiger partial charge on any atom is -0.496 e. The van der Waals surface area contributed by atoms with Crippen LogP contribution >= 0.6 is 0 Å². The number of benzene rings is 1. The van der Waals surface area contributed by atoms with Crippen molar-refractivity contribution in [2.24, 2.45) is 11.1 Å². The number of methoxy groups -OCH3 is 1. The molecule has 1 unspecified atom stereocenters. The van der Waals surface area contributed by atoms with Crippen LogP contribution in [0.1, 0.15) is 44.7 Å². The minimum atomic E-state index is -0.127. The van der Waals surface area contributed by atoms with E-state index >= 15 is 0 Å². The number of amides is 1. The van der Waals surface area contributed by atoms with Gasteiger partial charge in [-0.3, -0.25) is 4.79 Å². The van der Waals surface area contributed by atoms with Gasteiger partial charge in [-0.2, -0.15) is 0 Å². The molecule has 118 valence electrons. The molecule has 3 N–H and O–H groups in total. The molecule has 1 rings (SSSR count). The van der Waals surface area contributed by atoms with Gasteiger partial charge in [0.25, 0.3) is 0 Å². The van der Waals surface area contributed by atoms with Crippen molar-refractivity contribution < 1.29 is 9.53 Å². The second-order valence-electron chi connectivity index (χ2n) is 6.87. The normalized spacial score (nSPS) is 12.9. The van der Waals surface area contributed by atoms with Gasteiger partial charge in [0, 0.05) is 23.7 Å². The van der Waals surface area contributed by atoms with Crippen LogP contribution in [0.2, 0.25) is 0 Å². The van der Waals surface area contributed by atoms with Gasteiger partial charge in [-0.1, -0.05) is 26.8 Å². The summed E-state index contributed by atoms with van der Waals surface area (Å²) in [6.45, 7) is 10.3. The molecule has 1 amide bonds. The lowest BCUT2D eigenvalue weighted by molar-refractivity contribution is -0.116. The van der Waals surface area contributed by atoms with Gasteiger partial charge in [0.15, 0.2) is 0 Å². The van der Waals surface area contributed by atoms with Crippen LogP contribution in [0.4, 0.5) is 5.69 Å². The molecule has 0 fully saturated rings. The fourth-order valence-corrected chi connectivity index (χ4v) is 2.57. The molecule has 0 spiro atoms. The third-order valence-corrected chi connectivity index (χ3v) is 3.40. The molecule has 4 nitrogen and oxygen atoms in total. The Bertz CT molecular complexity index is 504. The highest BCUT2D eigenvalue weighted by atomic mass is 16.5. The van der Waals surface area contributed by atoms with E-state index in [-0.39, 0.29) is 17.4 Å². The van der Waals surface area contributed by atoms with E-state index in [1.165, 1.54) is 0 Å². The van der Waals surface area contributed by atoms with E-state index in [9.17, 15) is 4.79 Å². The second-order valence-corrected chi connectivity index (χ2v) is 6.87. The van der Waals surface area contributed by atoms with Crippen LogP contribution < -0.4 is 15.8 Å². The van der Waals surface area contributed by atoms with Crippen molar-refractivity contribution in [3.8, 4) is 5.75 Å². The highest BCUT2D eigenvalue weighted by molar-refractivity contribution is 5.92. The van der Waals surface area contributed by atoms with Crippen molar-refractivity contribution in [1.82, 2.24) is 0 Å². The smallest absolute Gasteiger partial charge is 0.225 e. The first kappa shape index (κ1) is 17.5. The fourth-order valence-electron chi connectivity index (χ4n) is 2.57. The Balaban J connectivity index is 2.72. The van der Waals surface area contributed by atoms with E-state index in [1.807, 2.05) is 26.0 Å². The van der Waals surface area contributed by atoms with Crippen LogP contribution in [0.3, 0.4) is 0 Å². The first-order chi connectivity index (χ1) is 9.64. The quantitative estimate of drug-likeness (QED) is 0.874. The molecule has 4 heteroatoms. The lowest BCUT2D eigenvalue weighted by Gasteiger charge is -2.23. The number of ether oxygens (including phenoxy) is 1. The predicted molar refractivity (Wildman–Crippen MR) is 87.8 cm³/mol. The van der Waals surface area contributed by atoms with Gasteiger partial charge < -0.3 is 15.8 Å². The molecule has 0 heterocycles. The number of carbonyl (C=O) groups is 1. The van der Waals surface area contributed by atoms with Crippen molar-refractivity contribution in [3.05, 3.63) is 23.3 Å². The van der Waals surface area contributed by atoms with Crippen molar-refractivity contribution in [3.63, 3.8) is 0 Å². The van der Waals surface area contributed by atoms with E-state index in [4.69, 9.17) is 10.5 Å². The van der Waals surface area contributed by atoms with Gasteiger partial charge in [0.05, 0.1) is 7.11 Å². The van der Waals surface area contributed by atoms with E-state index in [1.54, 1.807) is 7.11 Å². The highest BCUT2D eigenvalue weighted by Gasteiger charge is 2.19. The average Bonchev–Trinajstić information content (AvgIpc) is 2.31. The molecule has 1 aromatic rings. The van der Waals surface area contributed by atoms with E-state index in [2.05, 4.69) is 26.1 Å². The number of hydrogen-bond donors (Lipinski definition) is 2. The molecule has 0 radical (unpaired) electrons. The molecule has 0 aliphatic rings. The van der Waals surface area contributed by atoms with E-state index in [0.29, 0.717) is 6.42 Å². The number of nitrogens with one attached hydrogen (secondary N) is 1. The van der Waals surface area contributed by atoms with Gasteiger partial charge in [-0.05, 0) is 37.3 Å². The van der Waals surface area contributed by atoms with Crippen LogP contribution in [-0.2, 0) is 4.79 Å². The lowest BCUT2D eigenvalue weighted by Crippen LogP contribution is -2.31. The SMILES string of the molecule is COc1c(C)ccc(NC(=O)CC(N)CC(C)(C)C)c1C. The summed E-state index contributed by atoms with van der Waals surface area (Å²) in [5.41, 5.74) is 8.95. The standard InChI is InChI=1S/C17H28N2O2/c1-11-7-8-14(12(2)16(11)21-6)19-15(20)9-13(18)10-17(3,4)5/h7-8,13H,9-10,18H2,1-6H3,(H,19,20). The van der Waals surface area contributed by atoms with Gasteiger partial charge in [-0.25, -0.2) is 0 Å². The Morgan fingerprint density at radius 3 is 2.48 bits per heavy atom. The summed E-state index contributed by atoms with van der Waals surface area (Å²) in [4.78, 5) is 12.1. The van der Waals surface area contributed by atoms with E-state index in [0.717, 1.165) is 29.0 Å². The number of carbonyl (C=O) groups excluding carboxylic acids is 1. The average molecular weight is 292 g/mol. The van der Waals surface area contributed by atoms with Gasteiger partial charge in [-0.15, -0.1) is 0 Å². The number of hydrogen-bond acceptors (Lipinski definition) is 3. The number of rotatable bonds is 5. The van der Waals surface area contributed by atoms with Gasteiger partial charge in [0.1, 0.15) is 5.75 Å². The summed E-state index contributed by atoms with van der Waals surface area (Å²) < 4.78 is 5.37. The Morgan fingerprint density at radius 2 is 1.95 bits per heavy atom. The number of anilines is 1. The van der Waals surface area contributed by atoms with Crippen molar-refractivity contribution >= 4 is 11.6 Å². The molecule has 0 saturated heterocycles. The molecular weight excluding hydrogens is 264 g/mol. The van der Waals surface area contributed by atoms with E-state index < -0.39 is 0 Å². The summed E-state index contributed by atoms with van der Waals surface area (Å²) in [5.74, 6) is 0.757. The zero-order valence-corrected chi connectivity index (χ0v) is 14.0. The van der Waals surface area contributed by atoms with Crippen LogP contribution in [0.15, 0.2) is 12.1 Å². The monoisotopic (exact) mass is 292 g/mol. The Morgan fingerprint density at radius 1 is 1.33 bits per heavy atom. The maximum atomic E-state index is 12.1. The molecule has 1 aromatic carbocycles. The molecular formula is C17H28N2O2. The zero-order valence-electron chi connectivity index (χ0n) is 14.0. The van der Waals surface area contributed by atoms with Crippen LogP contribution in [0, 0.1) is 19.3 Å². The Kier molecular flexibility index (Phi) is 5.78. The van der Waals surface area contributed by atoms with Gasteiger partial charge >= 0.3 is 0 Å². The molecule has 0 saturated carbocycles. The third kappa shape index (κ3) is 5.38. The molecule has 0 aliphatic heterocycles. The van der Waals surface area contributed by atoms with Crippen LogP contribution in [-0.4, -0.2) is 19.1 Å². The summed E-state index contributed by atoms with van der Waals surface area (Å²) in [6, 6.07) is 3.72. The molecule has 0 aromatic heterocycles. The summed E-state index contributed by atoms with van der Waals surface area (Å²) >= 11 is 0. The van der Waals surface area contributed by atoms with Gasteiger partial charge in [0.2, 0.25) is 5.91 Å². The van der Waals surface area contributed by atoms with Crippen molar-refractivity contribution in [2.45, 2.75) is 53.5 Å². The first-order valence-corrected chi connectivity index (χ1v) is 7.33. The summed E-state index contributed by atoms with van der Waals surface area (Å²) in [5, 5.41) is 2.93. The topological polar surface area (TPSA) is 64.3 Å². The van der Waals surface area contributed by atoms with Crippen LogP contribution in [0.25, 0.3) is 0 Å². The third-order valence-electron chi connectivity index (χ3n) is 3.40. The second kappa shape index (κ2) is 6.94. The maximum Gasteiger partial charge on any atom is 0.225 e. The Hall–Kier alpha value is -1.55. The molecule has 21 heavy (non-hydrogen) atoms.